The van der Waals surface area contributed by atoms with Crippen molar-refractivity contribution >= 4 is 20.9 Å². The summed E-state index contributed by atoms with van der Waals surface area (Å²) >= 11 is 5.39. The van der Waals surface area contributed by atoms with Gasteiger partial charge in [0.15, 0.2) is 0 Å². The van der Waals surface area contributed by atoms with Crippen molar-refractivity contribution in [1.82, 2.24) is 0 Å². The second-order valence-corrected chi connectivity index (χ2v) is 7.19. The molecule has 0 fully saturated rings. The molecule has 0 aliphatic carbocycles. The fourth-order valence-corrected chi connectivity index (χ4v) is 2.39. The van der Waals surface area contributed by atoms with E-state index in [-0.39, 0.29) is 20.1 Å². The Kier molecular flexibility index (Phi) is 5.05. The van der Waals surface area contributed by atoms with Gasteiger partial charge in [0, 0.05) is 14.5 Å². The van der Waals surface area contributed by atoms with E-state index in [2.05, 4.69) is 41.5 Å². The molecule has 1 atom stereocenters. The molecule has 0 N–H and O–H groups in total. The minimum Gasteiger partial charge on any atom is -0.306 e. The molecule has 0 aromatic rings. The van der Waals surface area contributed by atoms with Crippen LogP contribution in [0.4, 0.5) is 0 Å². The SMILES string of the molecule is CCC(C)(C)OS(=S)C(C)(C)CC. The van der Waals surface area contributed by atoms with E-state index in [0.29, 0.717) is 0 Å². The van der Waals surface area contributed by atoms with E-state index in [1.165, 1.54) is 0 Å². The Balaban J connectivity index is 4.31. The second-order valence-electron chi connectivity index (χ2n) is 4.54. The van der Waals surface area contributed by atoms with Crippen molar-refractivity contribution in [3.63, 3.8) is 0 Å². The fourth-order valence-electron chi connectivity index (χ4n) is 0.494. The van der Waals surface area contributed by atoms with Gasteiger partial charge in [-0.25, -0.2) is 0 Å². The van der Waals surface area contributed by atoms with Gasteiger partial charge in [0.1, 0.15) is 0 Å². The van der Waals surface area contributed by atoms with Gasteiger partial charge in [-0.3, -0.25) is 0 Å². The van der Waals surface area contributed by atoms with Crippen LogP contribution in [0.3, 0.4) is 0 Å². The van der Waals surface area contributed by atoms with Crippen LogP contribution in [0, 0.1) is 0 Å². The molecule has 0 rings (SSSR count). The van der Waals surface area contributed by atoms with Crippen molar-refractivity contribution in [3.8, 4) is 0 Å². The molecule has 0 radical (unpaired) electrons. The van der Waals surface area contributed by atoms with Crippen LogP contribution in [0.5, 0.6) is 0 Å². The summed E-state index contributed by atoms with van der Waals surface area (Å²) in [7, 11) is -0.366. The molecule has 1 unspecified atom stereocenters. The standard InChI is InChI=1S/C10H22OS2/c1-7-9(3,4)11-13(12)10(5,6)8-2/h7-8H2,1-6H3. The summed E-state index contributed by atoms with van der Waals surface area (Å²) in [6, 6.07) is 0. The first-order valence-electron chi connectivity index (χ1n) is 4.86. The zero-order valence-electron chi connectivity index (χ0n) is 9.64. The first-order valence-corrected chi connectivity index (χ1v) is 6.94. The largest absolute Gasteiger partial charge is 0.306 e. The molecule has 3 heteroatoms. The zero-order valence-corrected chi connectivity index (χ0v) is 11.3. The molecule has 1 nitrogen and oxygen atoms in total. The van der Waals surface area contributed by atoms with E-state index < -0.39 is 0 Å². The van der Waals surface area contributed by atoms with Crippen molar-refractivity contribution in [2.75, 3.05) is 0 Å². The van der Waals surface area contributed by atoms with Crippen LogP contribution in [0.15, 0.2) is 0 Å². The van der Waals surface area contributed by atoms with Crippen LogP contribution < -0.4 is 0 Å². The summed E-state index contributed by atoms with van der Waals surface area (Å²) in [5.74, 6) is 0. The third kappa shape index (κ3) is 4.52. The Morgan fingerprint density at radius 2 is 1.54 bits per heavy atom. The molecule has 0 heterocycles. The van der Waals surface area contributed by atoms with Gasteiger partial charge >= 0.3 is 0 Å². The summed E-state index contributed by atoms with van der Waals surface area (Å²) in [5.41, 5.74) is -0.0721. The number of hydrogen-bond acceptors (Lipinski definition) is 2. The van der Waals surface area contributed by atoms with E-state index in [4.69, 9.17) is 15.4 Å². The molecule has 0 saturated heterocycles. The topological polar surface area (TPSA) is 9.23 Å². The lowest BCUT2D eigenvalue weighted by Gasteiger charge is -2.31. The second kappa shape index (κ2) is 4.85. The van der Waals surface area contributed by atoms with E-state index >= 15 is 0 Å². The predicted molar refractivity (Wildman–Crippen MR) is 64.6 cm³/mol. The first kappa shape index (κ1) is 13.5. The molecule has 80 valence electrons. The number of rotatable bonds is 5. The van der Waals surface area contributed by atoms with Crippen molar-refractivity contribution in [2.24, 2.45) is 0 Å². The molecule has 0 aromatic carbocycles. The highest BCUT2D eigenvalue weighted by atomic mass is 32.8. The average molecular weight is 222 g/mol. The maximum absolute atomic E-state index is 5.89. The van der Waals surface area contributed by atoms with Crippen molar-refractivity contribution in [3.05, 3.63) is 0 Å². The smallest absolute Gasteiger partial charge is 0.0774 e. The highest BCUT2D eigenvalue weighted by molar-refractivity contribution is 8.26. The van der Waals surface area contributed by atoms with Gasteiger partial charge in [-0.15, -0.1) is 0 Å². The van der Waals surface area contributed by atoms with Crippen molar-refractivity contribution in [1.29, 1.82) is 0 Å². The Morgan fingerprint density at radius 1 is 1.08 bits per heavy atom. The molecule has 0 aliphatic heterocycles. The molecular formula is C10H22OS2. The van der Waals surface area contributed by atoms with Crippen LogP contribution in [0.1, 0.15) is 54.4 Å². The lowest BCUT2D eigenvalue weighted by Crippen LogP contribution is -2.33. The fraction of sp³-hybridized carbons (Fsp3) is 1.00. The maximum atomic E-state index is 5.89. The highest BCUT2D eigenvalue weighted by Gasteiger charge is 2.26. The third-order valence-electron chi connectivity index (χ3n) is 2.46. The maximum Gasteiger partial charge on any atom is 0.0774 e. The average Bonchev–Trinajstić information content (AvgIpc) is 2.04. The molecule has 0 saturated carbocycles. The van der Waals surface area contributed by atoms with Gasteiger partial charge < -0.3 is 4.18 Å². The van der Waals surface area contributed by atoms with Gasteiger partial charge in [-0.2, -0.15) is 0 Å². The molecule has 0 aromatic heterocycles. The summed E-state index contributed by atoms with van der Waals surface area (Å²) < 4.78 is 6.01. The van der Waals surface area contributed by atoms with Gasteiger partial charge in [-0.05, 0) is 51.7 Å². The molecule has 0 amide bonds. The minimum absolute atomic E-state index is 0.0721. The van der Waals surface area contributed by atoms with E-state index in [0.717, 1.165) is 12.8 Å². The lowest BCUT2D eigenvalue weighted by atomic mass is 10.1. The lowest BCUT2D eigenvalue weighted by molar-refractivity contribution is 0.129. The highest BCUT2D eigenvalue weighted by Crippen LogP contribution is 2.25. The summed E-state index contributed by atoms with van der Waals surface area (Å²) in [6.45, 7) is 12.8. The normalized spacial score (nSPS) is 15.8. The summed E-state index contributed by atoms with van der Waals surface area (Å²) in [6.07, 6.45) is 2.08. The monoisotopic (exact) mass is 222 g/mol. The Morgan fingerprint density at radius 3 is 1.85 bits per heavy atom. The van der Waals surface area contributed by atoms with Crippen molar-refractivity contribution in [2.45, 2.75) is 64.7 Å². The minimum atomic E-state index is -0.366. The van der Waals surface area contributed by atoms with Crippen LogP contribution in [-0.2, 0) is 25.1 Å². The molecule has 0 bridgehead atoms. The number of hydrogen-bond donors (Lipinski definition) is 0. The van der Waals surface area contributed by atoms with Gasteiger partial charge in [-0.1, -0.05) is 13.8 Å². The van der Waals surface area contributed by atoms with Crippen molar-refractivity contribution < 1.29 is 4.18 Å². The Hall–Kier alpha value is 0.530. The molecule has 0 spiro atoms. The predicted octanol–water partition coefficient (Wildman–Crippen LogP) is 3.38. The molecular weight excluding hydrogens is 200 g/mol. The van der Waals surface area contributed by atoms with Gasteiger partial charge in [0.25, 0.3) is 0 Å². The van der Waals surface area contributed by atoms with E-state index in [1.54, 1.807) is 0 Å². The Bertz CT molecular complexity index is 185. The molecule has 13 heavy (non-hydrogen) atoms. The molecule has 0 aliphatic rings. The Labute approximate surface area is 90.0 Å². The van der Waals surface area contributed by atoms with Gasteiger partial charge in [0.2, 0.25) is 0 Å². The van der Waals surface area contributed by atoms with E-state index in [9.17, 15) is 0 Å². The third-order valence-corrected chi connectivity index (χ3v) is 5.81. The van der Waals surface area contributed by atoms with Crippen LogP contribution in [0.25, 0.3) is 0 Å². The van der Waals surface area contributed by atoms with E-state index in [1.807, 2.05) is 0 Å². The van der Waals surface area contributed by atoms with Gasteiger partial charge in [0.05, 0.1) is 5.60 Å². The summed E-state index contributed by atoms with van der Waals surface area (Å²) in [5, 5.41) is 0. The van der Waals surface area contributed by atoms with Crippen LogP contribution in [0.2, 0.25) is 0 Å². The van der Waals surface area contributed by atoms with Crippen LogP contribution in [-0.4, -0.2) is 10.3 Å². The van der Waals surface area contributed by atoms with Crippen LogP contribution >= 0.6 is 0 Å². The summed E-state index contributed by atoms with van der Waals surface area (Å²) in [4.78, 5) is 0. The zero-order chi connectivity index (χ0) is 10.7. The first-order chi connectivity index (χ1) is 5.75. The quantitative estimate of drug-likeness (QED) is 0.705.